The van der Waals surface area contributed by atoms with Gasteiger partial charge in [0, 0.05) is 38.1 Å². The van der Waals surface area contributed by atoms with E-state index in [1.807, 2.05) is 4.90 Å². The van der Waals surface area contributed by atoms with Crippen molar-refractivity contribution in [2.24, 2.45) is 5.92 Å². The molecule has 29 heavy (non-hydrogen) atoms. The topological polar surface area (TPSA) is 70.2 Å². The zero-order chi connectivity index (χ0) is 20.4. The van der Waals surface area contributed by atoms with Crippen molar-refractivity contribution in [3.63, 3.8) is 0 Å². The molecule has 0 atom stereocenters. The summed E-state index contributed by atoms with van der Waals surface area (Å²) in [6, 6.07) is 7.24. The highest BCUT2D eigenvalue weighted by Gasteiger charge is 2.36. The van der Waals surface area contributed by atoms with E-state index in [0.29, 0.717) is 62.8 Å². The van der Waals surface area contributed by atoms with Gasteiger partial charge in [0.2, 0.25) is 5.91 Å². The first-order valence-corrected chi connectivity index (χ1v) is 10.7. The van der Waals surface area contributed by atoms with Gasteiger partial charge in [-0.05, 0) is 37.8 Å². The number of nitrogens with zero attached hydrogens (tertiary/aromatic N) is 3. The Morgan fingerprint density at radius 3 is 2.21 bits per heavy atom. The van der Waals surface area contributed by atoms with Crippen molar-refractivity contribution in [3.8, 4) is 0 Å². The summed E-state index contributed by atoms with van der Waals surface area (Å²) in [4.78, 5) is 42.9. The molecule has 3 amide bonds. The monoisotopic (exact) mass is 419 g/mol. The van der Waals surface area contributed by atoms with E-state index in [1.165, 1.54) is 0 Å². The first kappa shape index (κ1) is 20.0. The maximum absolute atomic E-state index is 12.9. The number of likely N-dealkylation sites (tertiary alicyclic amines) is 2. The van der Waals surface area contributed by atoms with E-state index in [9.17, 15) is 14.4 Å². The number of ether oxygens (including phenoxy) is 1. The fourth-order valence-electron chi connectivity index (χ4n) is 4.53. The number of rotatable bonds is 3. The van der Waals surface area contributed by atoms with Gasteiger partial charge in [-0.1, -0.05) is 23.7 Å². The molecule has 7 nitrogen and oxygen atoms in total. The van der Waals surface area contributed by atoms with Crippen LogP contribution in [0.15, 0.2) is 24.3 Å². The highest BCUT2D eigenvalue weighted by molar-refractivity contribution is 6.33. The number of carbonyl (C=O) groups is 3. The van der Waals surface area contributed by atoms with Crippen molar-refractivity contribution >= 4 is 29.5 Å². The van der Waals surface area contributed by atoms with Crippen LogP contribution >= 0.6 is 11.6 Å². The third-order valence-electron chi connectivity index (χ3n) is 6.24. The Morgan fingerprint density at radius 1 is 0.931 bits per heavy atom. The summed E-state index contributed by atoms with van der Waals surface area (Å²) in [6.07, 6.45) is 2.71. The number of benzene rings is 1. The number of amides is 3. The molecule has 0 spiro atoms. The molecule has 0 aliphatic carbocycles. The summed E-state index contributed by atoms with van der Waals surface area (Å²) in [6.45, 7) is 3.59. The highest BCUT2D eigenvalue weighted by Crippen LogP contribution is 2.26. The van der Waals surface area contributed by atoms with Crippen LogP contribution in [0.2, 0.25) is 5.02 Å². The van der Waals surface area contributed by atoms with Gasteiger partial charge >= 0.3 is 6.09 Å². The Kier molecular flexibility index (Phi) is 5.94. The Bertz CT molecular complexity index is 786. The van der Waals surface area contributed by atoms with Crippen LogP contribution in [0.3, 0.4) is 0 Å². The fourth-order valence-corrected chi connectivity index (χ4v) is 4.74. The Hall–Kier alpha value is -2.28. The molecule has 8 heteroatoms. The van der Waals surface area contributed by atoms with Gasteiger partial charge in [0.25, 0.3) is 5.91 Å². The van der Waals surface area contributed by atoms with Gasteiger partial charge in [-0.25, -0.2) is 4.79 Å². The molecule has 1 aromatic carbocycles. The third-order valence-corrected chi connectivity index (χ3v) is 6.57. The first-order chi connectivity index (χ1) is 14.0. The first-order valence-electron chi connectivity index (χ1n) is 10.3. The van der Waals surface area contributed by atoms with E-state index in [2.05, 4.69) is 0 Å². The lowest BCUT2D eigenvalue weighted by molar-refractivity contribution is -0.138. The lowest BCUT2D eigenvalue weighted by atomic mass is 9.93. The predicted molar refractivity (Wildman–Crippen MR) is 108 cm³/mol. The van der Waals surface area contributed by atoms with Crippen LogP contribution in [0.1, 0.15) is 36.0 Å². The summed E-state index contributed by atoms with van der Waals surface area (Å²) in [5.74, 6) is 0.0655. The number of carbonyl (C=O) groups excluding carboxylic acids is 3. The van der Waals surface area contributed by atoms with E-state index < -0.39 is 0 Å². The largest absolute Gasteiger partial charge is 0.448 e. The maximum Gasteiger partial charge on any atom is 0.410 e. The molecule has 3 aliphatic heterocycles. The molecule has 0 bridgehead atoms. The van der Waals surface area contributed by atoms with Crippen molar-refractivity contribution in [2.75, 3.05) is 39.3 Å². The van der Waals surface area contributed by atoms with Crippen LogP contribution in [0.25, 0.3) is 0 Å². The molecule has 3 saturated heterocycles. The van der Waals surface area contributed by atoms with Crippen LogP contribution in [0, 0.1) is 5.92 Å². The quantitative estimate of drug-likeness (QED) is 0.755. The summed E-state index contributed by atoms with van der Waals surface area (Å²) >= 11 is 6.15. The van der Waals surface area contributed by atoms with E-state index in [1.54, 1.807) is 34.1 Å². The van der Waals surface area contributed by atoms with Crippen LogP contribution in [0.5, 0.6) is 0 Å². The summed E-state index contributed by atoms with van der Waals surface area (Å²) in [5.41, 5.74) is 0.515. The second-order valence-electron chi connectivity index (χ2n) is 7.91. The standard InChI is InChI=1S/C21H26ClN3O4/c22-18-4-2-1-3-17(18)20(27)24-9-5-15(6-10-24)19(26)23-11-7-16(8-12-23)25-13-14-29-21(25)28/h1-4,15-16H,5-14H2. The molecule has 3 aliphatic rings. The number of hydrogen-bond acceptors (Lipinski definition) is 4. The molecule has 0 radical (unpaired) electrons. The smallest absolute Gasteiger partial charge is 0.410 e. The number of cyclic esters (lactones) is 1. The van der Waals surface area contributed by atoms with Gasteiger partial charge < -0.3 is 19.4 Å². The van der Waals surface area contributed by atoms with Gasteiger partial charge in [0.1, 0.15) is 6.61 Å². The van der Waals surface area contributed by atoms with Crippen molar-refractivity contribution in [1.82, 2.24) is 14.7 Å². The fraction of sp³-hybridized carbons (Fsp3) is 0.571. The highest BCUT2D eigenvalue weighted by atomic mass is 35.5. The van der Waals surface area contributed by atoms with Gasteiger partial charge in [0.05, 0.1) is 17.1 Å². The number of hydrogen-bond donors (Lipinski definition) is 0. The lowest BCUT2D eigenvalue weighted by Gasteiger charge is -2.39. The second kappa shape index (κ2) is 8.61. The van der Waals surface area contributed by atoms with Gasteiger partial charge in [0.15, 0.2) is 0 Å². The molecule has 156 valence electrons. The lowest BCUT2D eigenvalue weighted by Crippen LogP contribution is -2.50. The SMILES string of the molecule is O=C(c1ccccc1Cl)N1CCC(C(=O)N2CCC(N3CCOC3=O)CC2)CC1. The van der Waals surface area contributed by atoms with Gasteiger partial charge in [-0.2, -0.15) is 0 Å². The second-order valence-corrected chi connectivity index (χ2v) is 8.32. The van der Waals surface area contributed by atoms with Gasteiger partial charge in [-0.15, -0.1) is 0 Å². The zero-order valence-electron chi connectivity index (χ0n) is 16.4. The molecule has 3 fully saturated rings. The van der Waals surface area contributed by atoms with Crippen molar-refractivity contribution in [3.05, 3.63) is 34.9 Å². The average Bonchev–Trinajstić information content (AvgIpc) is 3.19. The summed E-state index contributed by atoms with van der Waals surface area (Å²) in [7, 11) is 0. The zero-order valence-corrected chi connectivity index (χ0v) is 17.1. The molecule has 3 heterocycles. The van der Waals surface area contributed by atoms with Gasteiger partial charge in [-0.3, -0.25) is 9.59 Å². The Morgan fingerprint density at radius 2 is 1.59 bits per heavy atom. The molecule has 4 rings (SSSR count). The van der Waals surface area contributed by atoms with E-state index >= 15 is 0 Å². The average molecular weight is 420 g/mol. The van der Waals surface area contributed by atoms with Crippen LogP contribution in [0.4, 0.5) is 4.79 Å². The van der Waals surface area contributed by atoms with E-state index in [-0.39, 0.29) is 29.9 Å². The van der Waals surface area contributed by atoms with Crippen LogP contribution < -0.4 is 0 Å². The molecule has 0 saturated carbocycles. The minimum absolute atomic E-state index is 0.0430. The van der Waals surface area contributed by atoms with E-state index in [0.717, 1.165) is 12.8 Å². The Labute approximate surface area is 175 Å². The Balaban J connectivity index is 1.27. The molecule has 0 aromatic heterocycles. The maximum atomic E-state index is 12.9. The minimum Gasteiger partial charge on any atom is -0.448 e. The molecular formula is C21H26ClN3O4. The minimum atomic E-state index is -0.231. The van der Waals surface area contributed by atoms with Crippen LogP contribution in [-0.2, 0) is 9.53 Å². The van der Waals surface area contributed by atoms with Crippen molar-refractivity contribution in [2.45, 2.75) is 31.7 Å². The molecule has 0 unspecified atom stereocenters. The summed E-state index contributed by atoms with van der Waals surface area (Å²) < 4.78 is 5.02. The van der Waals surface area contributed by atoms with Crippen molar-refractivity contribution in [1.29, 1.82) is 0 Å². The third kappa shape index (κ3) is 4.20. The molecular weight excluding hydrogens is 394 g/mol. The number of piperidine rings is 2. The molecule has 0 N–H and O–H groups in total. The normalized spacial score (nSPS) is 21.4. The van der Waals surface area contributed by atoms with E-state index in [4.69, 9.17) is 16.3 Å². The van der Waals surface area contributed by atoms with Crippen molar-refractivity contribution < 1.29 is 19.1 Å². The number of halogens is 1. The van der Waals surface area contributed by atoms with Crippen LogP contribution in [-0.4, -0.2) is 78.0 Å². The summed E-state index contributed by atoms with van der Waals surface area (Å²) in [5, 5.41) is 0.459. The molecule has 1 aromatic rings. The predicted octanol–water partition coefficient (Wildman–Crippen LogP) is 2.64.